The largest absolute Gasteiger partial charge is 0.305 e. The molecule has 6 nitrogen and oxygen atoms in total. The van der Waals surface area contributed by atoms with Gasteiger partial charge in [0.2, 0.25) is 10.0 Å². The minimum Gasteiger partial charge on any atom is -0.305 e. The van der Waals surface area contributed by atoms with E-state index in [9.17, 15) is 12.8 Å². The summed E-state index contributed by atoms with van der Waals surface area (Å²) in [5.74, 6) is 0.700. The van der Waals surface area contributed by atoms with E-state index >= 15 is 0 Å². The Morgan fingerprint density at radius 1 is 1.17 bits per heavy atom. The first-order valence-electron chi connectivity index (χ1n) is 9.43. The van der Waals surface area contributed by atoms with Crippen molar-refractivity contribution in [3.63, 3.8) is 0 Å². The molecule has 0 aliphatic carbocycles. The number of rotatable bonds is 10. The predicted octanol–water partition coefficient (Wildman–Crippen LogP) is 3.98. The normalized spacial score (nSPS) is 12.6. The number of nitrogens with one attached hydrogen (secondary N) is 1. The van der Waals surface area contributed by atoms with E-state index in [2.05, 4.69) is 21.5 Å². The van der Waals surface area contributed by atoms with E-state index in [1.165, 1.54) is 23.9 Å². The average Bonchev–Trinajstić information content (AvgIpc) is 3.15. The maximum Gasteiger partial charge on any atom is 0.241 e. The molecule has 30 heavy (non-hydrogen) atoms. The van der Waals surface area contributed by atoms with E-state index in [4.69, 9.17) is 0 Å². The van der Waals surface area contributed by atoms with Gasteiger partial charge in [0.1, 0.15) is 5.82 Å². The van der Waals surface area contributed by atoms with Crippen LogP contribution in [0, 0.1) is 5.82 Å². The second kappa shape index (κ2) is 10.0. The number of halogens is 1. The summed E-state index contributed by atoms with van der Waals surface area (Å²) < 4.78 is 43.9. The van der Waals surface area contributed by atoms with E-state index in [1.807, 2.05) is 41.8 Å². The quantitative estimate of drug-likeness (QED) is 0.377. The topological polar surface area (TPSA) is 76.9 Å². The van der Waals surface area contributed by atoms with Gasteiger partial charge < -0.3 is 4.57 Å². The van der Waals surface area contributed by atoms with Gasteiger partial charge in [-0.25, -0.2) is 17.5 Å². The van der Waals surface area contributed by atoms with Crippen LogP contribution in [0.3, 0.4) is 0 Å². The molecule has 1 N–H and O–H groups in total. The number of hydrogen-bond acceptors (Lipinski definition) is 5. The van der Waals surface area contributed by atoms with Crippen LogP contribution in [0.15, 0.2) is 77.3 Å². The SMILES string of the molecule is C=CCSc1nnc([C@@H](Cc2ccccc2)NS(=O)(=O)c2ccc(F)cc2)n1CC. The zero-order chi connectivity index (χ0) is 21.6. The predicted molar refractivity (Wildman–Crippen MR) is 116 cm³/mol. The van der Waals surface area contributed by atoms with E-state index in [1.54, 1.807) is 6.08 Å². The first kappa shape index (κ1) is 22.2. The van der Waals surface area contributed by atoms with E-state index in [-0.39, 0.29) is 4.90 Å². The Morgan fingerprint density at radius 3 is 2.50 bits per heavy atom. The fraction of sp³-hybridized carbons (Fsp3) is 0.238. The molecule has 0 aliphatic rings. The van der Waals surface area contributed by atoms with Crippen molar-refractivity contribution >= 4 is 21.8 Å². The Balaban J connectivity index is 1.98. The summed E-state index contributed by atoms with van der Waals surface area (Å²) in [6.45, 7) is 6.27. The highest BCUT2D eigenvalue weighted by Crippen LogP contribution is 2.25. The van der Waals surface area contributed by atoms with Crippen LogP contribution in [-0.4, -0.2) is 28.9 Å². The average molecular weight is 447 g/mol. The molecule has 9 heteroatoms. The molecular weight excluding hydrogens is 423 g/mol. The van der Waals surface area contributed by atoms with Crippen LogP contribution in [0.4, 0.5) is 4.39 Å². The van der Waals surface area contributed by atoms with Crippen LogP contribution in [0.2, 0.25) is 0 Å². The third kappa shape index (κ3) is 5.35. The summed E-state index contributed by atoms with van der Waals surface area (Å²) in [7, 11) is -3.90. The molecular formula is C21H23FN4O2S2. The lowest BCUT2D eigenvalue weighted by molar-refractivity contribution is 0.517. The highest BCUT2D eigenvalue weighted by Gasteiger charge is 2.27. The lowest BCUT2D eigenvalue weighted by atomic mass is 10.1. The summed E-state index contributed by atoms with van der Waals surface area (Å²) in [6, 6.07) is 13.7. The van der Waals surface area contributed by atoms with Crippen LogP contribution in [0.5, 0.6) is 0 Å². The van der Waals surface area contributed by atoms with Crippen LogP contribution >= 0.6 is 11.8 Å². The third-order valence-electron chi connectivity index (χ3n) is 4.41. The Labute approximate surface area is 180 Å². The van der Waals surface area contributed by atoms with Crippen molar-refractivity contribution in [1.29, 1.82) is 0 Å². The molecule has 158 valence electrons. The van der Waals surface area contributed by atoms with Crippen LogP contribution in [0.1, 0.15) is 24.4 Å². The van der Waals surface area contributed by atoms with Crippen molar-refractivity contribution in [2.75, 3.05) is 5.75 Å². The summed E-state index contributed by atoms with van der Waals surface area (Å²) in [6.07, 6.45) is 2.17. The van der Waals surface area contributed by atoms with Gasteiger partial charge in [-0.1, -0.05) is 48.2 Å². The molecule has 0 radical (unpaired) electrons. The van der Waals surface area contributed by atoms with Crippen LogP contribution in [0.25, 0.3) is 0 Å². The Kier molecular flexibility index (Phi) is 7.41. The first-order chi connectivity index (χ1) is 14.4. The smallest absolute Gasteiger partial charge is 0.241 e. The lowest BCUT2D eigenvalue weighted by Gasteiger charge is -2.19. The van der Waals surface area contributed by atoms with Crippen molar-refractivity contribution in [2.45, 2.75) is 36.0 Å². The number of hydrogen-bond donors (Lipinski definition) is 1. The highest BCUT2D eigenvalue weighted by molar-refractivity contribution is 7.99. The summed E-state index contributed by atoms with van der Waals surface area (Å²) in [4.78, 5) is -0.00854. The maximum absolute atomic E-state index is 13.2. The van der Waals surface area contributed by atoms with Crippen molar-refractivity contribution in [3.8, 4) is 0 Å². The number of sulfonamides is 1. The van der Waals surface area contributed by atoms with Crippen LogP contribution in [-0.2, 0) is 23.0 Å². The second-order valence-corrected chi connectivity index (χ2v) is 9.20. The zero-order valence-electron chi connectivity index (χ0n) is 16.5. The van der Waals surface area contributed by atoms with Crippen molar-refractivity contribution in [2.24, 2.45) is 0 Å². The molecule has 0 saturated heterocycles. The number of thioether (sulfide) groups is 1. The van der Waals surface area contributed by atoms with Gasteiger partial charge in [0.25, 0.3) is 0 Å². The monoisotopic (exact) mass is 446 g/mol. The standard InChI is InChI=1S/C21H23FN4O2S2/c1-3-14-29-21-24-23-20(26(21)4-2)19(15-16-8-6-5-7-9-16)25-30(27,28)18-12-10-17(22)11-13-18/h3,5-13,19,25H,1,4,14-15H2,2H3/t19-/m1/s1. The molecule has 0 spiro atoms. The van der Waals surface area contributed by atoms with Gasteiger partial charge in [-0.3, -0.25) is 0 Å². The highest BCUT2D eigenvalue weighted by atomic mass is 32.2. The summed E-state index contributed by atoms with van der Waals surface area (Å²) >= 11 is 1.48. The van der Waals surface area contributed by atoms with Gasteiger partial charge in [0.05, 0.1) is 10.9 Å². The number of aromatic nitrogens is 3. The third-order valence-corrected chi connectivity index (χ3v) is 6.86. The first-order valence-corrected chi connectivity index (χ1v) is 11.9. The minimum atomic E-state index is -3.90. The fourth-order valence-electron chi connectivity index (χ4n) is 3.00. The summed E-state index contributed by atoms with van der Waals surface area (Å²) in [5.41, 5.74) is 0.954. The molecule has 0 aliphatic heterocycles. The second-order valence-electron chi connectivity index (χ2n) is 6.50. The number of nitrogens with zero attached hydrogens (tertiary/aromatic N) is 3. The van der Waals surface area contributed by atoms with Gasteiger partial charge >= 0.3 is 0 Å². The molecule has 0 saturated carbocycles. The Bertz CT molecular complexity index is 1080. The lowest BCUT2D eigenvalue weighted by Crippen LogP contribution is -2.32. The molecule has 0 unspecified atom stereocenters. The maximum atomic E-state index is 13.2. The molecule has 1 aromatic heterocycles. The van der Waals surface area contributed by atoms with Crippen molar-refractivity contribution < 1.29 is 12.8 Å². The molecule has 1 heterocycles. The molecule has 0 amide bonds. The van der Waals surface area contributed by atoms with Gasteiger partial charge in [-0.05, 0) is 43.2 Å². The molecule has 3 aromatic rings. The van der Waals surface area contributed by atoms with Gasteiger partial charge in [-0.15, -0.1) is 16.8 Å². The van der Waals surface area contributed by atoms with Crippen LogP contribution < -0.4 is 4.72 Å². The van der Waals surface area contributed by atoms with Gasteiger partial charge in [-0.2, -0.15) is 0 Å². The Morgan fingerprint density at radius 2 is 1.87 bits per heavy atom. The van der Waals surface area contributed by atoms with Gasteiger partial charge in [0.15, 0.2) is 11.0 Å². The molecule has 3 rings (SSSR count). The summed E-state index contributed by atoms with van der Waals surface area (Å²) in [5, 5.41) is 9.24. The van der Waals surface area contributed by atoms with E-state index < -0.39 is 21.9 Å². The Hall–Kier alpha value is -2.49. The molecule has 1 atom stereocenters. The molecule has 0 bridgehead atoms. The number of benzene rings is 2. The van der Waals surface area contributed by atoms with Crippen molar-refractivity contribution in [3.05, 3.63) is 84.5 Å². The molecule has 2 aromatic carbocycles. The fourth-order valence-corrected chi connectivity index (χ4v) is 4.94. The van der Waals surface area contributed by atoms with E-state index in [0.29, 0.717) is 29.7 Å². The van der Waals surface area contributed by atoms with E-state index in [0.717, 1.165) is 17.7 Å². The molecule has 0 fully saturated rings. The minimum absolute atomic E-state index is 0.00854. The van der Waals surface area contributed by atoms with Crippen molar-refractivity contribution in [1.82, 2.24) is 19.5 Å². The zero-order valence-corrected chi connectivity index (χ0v) is 18.2. The van der Waals surface area contributed by atoms with Gasteiger partial charge in [0, 0.05) is 12.3 Å².